The van der Waals surface area contributed by atoms with Gasteiger partial charge in [-0.2, -0.15) is 0 Å². The molecule has 0 bridgehead atoms. The van der Waals surface area contributed by atoms with Crippen molar-refractivity contribution in [3.8, 4) is 5.75 Å². The maximum Gasteiger partial charge on any atom is 0.123 e. The minimum absolute atomic E-state index is 0.410. The summed E-state index contributed by atoms with van der Waals surface area (Å²) in [6.07, 6.45) is 8.63. The van der Waals surface area contributed by atoms with Crippen molar-refractivity contribution in [2.75, 3.05) is 6.54 Å². The summed E-state index contributed by atoms with van der Waals surface area (Å²) in [6, 6.07) is 4.04. The summed E-state index contributed by atoms with van der Waals surface area (Å²) < 4.78 is 6.06. The SMILES string of the molecule is CC(C)CNCc1cc(OC2CCCCC2)ccn1. The van der Waals surface area contributed by atoms with Crippen molar-refractivity contribution >= 4 is 0 Å². The Bertz CT molecular complexity index is 373. The lowest BCUT2D eigenvalue weighted by atomic mass is 9.98. The first-order valence-corrected chi connectivity index (χ1v) is 7.56. The number of rotatable bonds is 6. The van der Waals surface area contributed by atoms with Gasteiger partial charge in [0.25, 0.3) is 0 Å². The zero-order valence-corrected chi connectivity index (χ0v) is 12.2. The van der Waals surface area contributed by atoms with Crippen LogP contribution in [0.3, 0.4) is 0 Å². The summed E-state index contributed by atoms with van der Waals surface area (Å²) in [5.41, 5.74) is 1.06. The molecule has 0 atom stereocenters. The van der Waals surface area contributed by atoms with E-state index in [9.17, 15) is 0 Å². The molecule has 1 N–H and O–H groups in total. The van der Waals surface area contributed by atoms with Crippen molar-refractivity contribution in [2.45, 2.75) is 58.6 Å². The minimum atomic E-state index is 0.410. The second-order valence-corrected chi connectivity index (χ2v) is 5.89. The van der Waals surface area contributed by atoms with Gasteiger partial charge in [-0.1, -0.05) is 20.3 Å². The van der Waals surface area contributed by atoms with Gasteiger partial charge in [0.05, 0.1) is 11.8 Å². The standard InChI is InChI=1S/C16H26N2O/c1-13(2)11-17-12-14-10-16(8-9-18-14)19-15-6-4-3-5-7-15/h8-10,13,15,17H,3-7,11-12H2,1-2H3. The molecule has 19 heavy (non-hydrogen) atoms. The number of pyridine rings is 1. The van der Waals surface area contributed by atoms with Crippen molar-refractivity contribution in [1.82, 2.24) is 10.3 Å². The second kappa shape index (κ2) is 7.49. The molecule has 1 fully saturated rings. The first-order valence-electron chi connectivity index (χ1n) is 7.56. The Labute approximate surface area is 116 Å². The Kier molecular flexibility index (Phi) is 5.64. The maximum absolute atomic E-state index is 6.06. The van der Waals surface area contributed by atoms with Gasteiger partial charge in [0.15, 0.2) is 0 Å². The van der Waals surface area contributed by atoms with E-state index in [1.54, 1.807) is 0 Å². The molecule has 0 unspecified atom stereocenters. The lowest BCUT2D eigenvalue weighted by molar-refractivity contribution is 0.154. The summed E-state index contributed by atoms with van der Waals surface area (Å²) >= 11 is 0. The van der Waals surface area contributed by atoms with Crippen LogP contribution in [0.15, 0.2) is 18.3 Å². The Morgan fingerprint density at radius 3 is 2.84 bits per heavy atom. The van der Waals surface area contributed by atoms with Crippen molar-refractivity contribution in [3.63, 3.8) is 0 Å². The van der Waals surface area contributed by atoms with Crippen LogP contribution >= 0.6 is 0 Å². The summed E-state index contributed by atoms with van der Waals surface area (Å²) in [7, 11) is 0. The van der Waals surface area contributed by atoms with Crippen LogP contribution in [0.4, 0.5) is 0 Å². The molecule has 0 radical (unpaired) electrons. The molecule has 3 nitrogen and oxygen atoms in total. The molecular weight excluding hydrogens is 236 g/mol. The highest BCUT2D eigenvalue weighted by Crippen LogP contribution is 2.23. The van der Waals surface area contributed by atoms with Gasteiger partial charge < -0.3 is 10.1 Å². The van der Waals surface area contributed by atoms with Crippen LogP contribution in [-0.4, -0.2) is 17.6 Å². The van der Waals surface area contributed by atoms with Gasteiger partial charge >= 0.3 is 0 Å². The Hall–Kier alpha value is -1.09. The largest absolute Gasteiger partial charge is 0.490 e. The smallest absolute Gasteiger partial charge is 0.123 e. The van der Waals surface area contributed by atoms with Crippen LogP contribution in [0, 0.1) is 5.92 Å². The molecule has 1 aliphatic carbocycles. The van der Waals surface area contributed by atoms with E-state index < -0.39 is 0 Å². The second-order valence-electron chi connectivity index (χ2n) is 5.89. The van der Waals surface area contributed by atoms with Crippen molar-refractivity contribution < 1.29 is 4.74 Å². The van der Waals surface area contributed by atoms with Gasteiger partial charge in [0.2, 0.25) is 0 Å². The number of nitrogens with one attached hydrogen (secondary N) is 1. The Morgan fingerprint density at radius 2 is 2.11 bits per heavy atom. The Morgan fingerprint density at radius 1 is 1.32 bits per heavy atom. The van der Waals surface area contributed by atoms with Gasteiger partial charge in [-0.3, -0.25) is 4.98 Å². The number of hydrogen-bond donors (Lipinski definition) is 1. The fraction of sp³-hybridized carbons (Fsp3) is 0.688. The normalized spacial score (nSPS) is 16.8. The van der Waals surface area contributed by atoms with E-state index in [4.69, 9.17) is 4.74 Å². The van der Waals surface area contributed by atoms with Crippen LogP contribution in [-0.2, 0) is 6.54 Å². The van der Waals surface area contributed by atoms with Gasteiger partial charge in [-0.25, -0.2) is 0 Å². The molecule has 0 amide bonds. The molecule has 1 aromatic heterocycles. The fourth-order valence-electron chi connectivity index (χ4n) is 2.49. The third kappa shape index (κ3) is 5.19. The third-order valence-corrected chi connectivity index (χ3v) is 3.50. The average molecular weight is 262 g/mol. The predicted octanol–water partition coefficient (Wildman–Crippen LogP) is 3.54. The lowest BCUT2D eigenvalue weighted by Crippen LogP contribution is -2.21. The van der Waals surface area contributed by atoms with Crippen molar-refractivity contribution in [1.29, 1.82) is 0 Å². The van der Waals surface area contributed by atoms with E-state index in [0.29, 0.717) is 12.0 Å². The molecule has 1 saturated carbocycles. The van der Waals surface area contributed by atoms with E-state index in [1.165, 1.54) is 32.1 Å². The molecule has 1 aromatic rings. The highest BCUT2D eigenvalue weighted by molar-refractivity contribution is 5.23. The predicted molar refractivity (Wildman–Crippen MR) is 78.3 cm³/mol. The van der Waals surface area contributed by atoms with Gasteiger partial charge in [-0.05, 0) is 44.2 Å². The lowest BCUT2D eigenvalue weighted by Gasteiger charge is -2.23. The number of hydrogen-bond acceptors (Lipinski definition) is 3. The van der Waals surface area contributed by atoms with Crippen LogP contribution in [0.1, 0.15) is 51.6 Å². The summed E-state index contributed by atoms with van der Waals surface area (Å²) in [6.45, 7) is 6.27. The monoisotopic (exact) mass is 262 g/mol. The quantitative estimate of drug-likeness (QED) is 0.851. The van der Waals surface area contributed by atoms with Gasteiger partial charge in [0, 0.05) is 18.8 Å². The topological polar surface area (TPSA) is 34.1 Å². The van der Waals surface area contributed by atoms with Crippen LogP contribution in [0.5, 0.6) is 5.75 Å². The van der Waals surface area contributed by atoms with Crippen LogP contribution in [0.25, 0.3) is 0 Å². The molecule has 106 valence electrons. The zero-order chi connectivity index (χ0) is 13.5. The van der Waals surface area contributed by atoms with Crippen molar-refractivity contribution in [2.24, 2.45) is 5.92 Å². The zero-order valence-electron chi connectivity index (χ0n) is 12.2. The summed E-state index contributed by atoms with van der Waals surface area (Å²) in [5.74, 6) is 1.64. The van der Waals surface area contributed by atoms with Crippen LogP contribution < -0.4 is 10.1 Å². The molecule has 0 aliphatic heterocycles. The first kappa shape index (κ1) is 14.3. The maximum atomic E-state index is 6.06. The molecule has 3 heteroatoms. The van der Waals surface area contributed by atoms with Crippen LogP contribution in [0.2, 0.25) is 0 Å². The number of aromatic nitrogens is 1. The molecule has 1 aliphatic rings. The van der Waals surface area contributed by atoms with E-state index in [0.717, 1.165) is 24.5 Å². The van der Waals surface area contributed by atoms with E-state index in [-0.39, 0.29) is 0 Å². The molecule has 0 aromatic carbocycles. The minimum Gasteiger partial charge on any atom is -0.490 e. The molecule has 1 heterocycles. The summed E-state index contributed by atoms with van der Waals surface area (Å²) in [5, 5.41) is 3.41. The first-order chi connectivity index (χ1) is 9.24. The Balaban J connectivity index is 1.83. The number of nitrogens with zero attached hydrogens (tertiary/aromatic N) is 1. The molecular formula is C16H26N2O. The number of ether oxygens (including phenoxy) is 1. The van der Waals surface area contributed by atoms with Gasteiger partial charge in [-0.15, -0.1) is 0 Å². The van der Waals surface area contributed by atoms with Gasteiger partial charge in [0.1, 0.15) is 5.75 Å². The summed E-state index contributed by atoms with van der Waals surface area (Å²) in [4.78, 5) is 4.39. The van der Waals surface area contributed by atoms with Crippen molar-refractivity contribution in [3.05, 3.63) is 24.0 Å². The molecule has 0 spiro atoms. The van der Waals surface area contributed by atoms with E-state index in [2.05, 4.69) is 30.2 Å². The third-order valence-electron chi connectivity index (χ3n) is 3.50. The average Bonchev–Trinajstić information content (AvgIpc) is 2.40. The fourth-order valence-corrected chi connectivity index (χ4v) is 2.49. The highest BCUT2D eigenvalue weighted by atomic mass is 16.5. The van der Waals surface area contributed by atoms with E-state index in [1.807, 2.05) is 12.3 Å². The molecule has 0 saturated heterocycles. The molecule has 2 rings (SSSR count). The highest BCUT2D eigenvalue weighted by Gasteiger charge is 2.14. The van der Waals surface area contributed by atoms with E-state index >= 15 is 0 Å².